The van der Waals surface area contributed by atoms with Gasteiger partial charge in [-0.15, -0.1) is 0 Å². The van der Waals surface area contributed by atoms with Crippen LogP contribution in [-0.4, -0.2) is 23.5 Å². The Hall–Kier alpha value is -2.62. The summed E-state index contributed by atoms with van der Waals surface area (Å²) in [5.74, 6) is -0.755. The molecule has 0 aliphatic carbocycles. The maximum absolute atomic E-state index is 12.0. The van der Waals surface area contributed by atoms with Crippen LogP contribution in [0.1, 0.15) is 40.7 Å². The predicted octanol–water partition coefficient (Wildman–Crippen LogP) is 3.24. The van der Waals surface area contributed by atoms with Gasteiger partial charge in [0.1, 0.15) is 0 Å². The van der Waals surface area contributed by atoms with E-state index in [0.29, 0.717) is 19.4 Å². The lowest BCUT2D eigenvalue weighted by molar-refractivity contribution is -0.121. The Morgan fingerprint density at radius 2 is 1.83 bits per heavy atom. The first-order chi connectivity index (χ1) is 11.1. The third-order valence-electron chi connectivity index (χ3n) is 3.77. The first kappa shape index (κ1) is 16.7. The topological polar surface area (TPSA) is 66.4 Å². The standard InChI is InChI=1S/C19H21NO3/c1-14(16-7-3-2-4-8-16)12-18(21)20-11-10-15-6-5-9-17(13-15)19(22)23/h2-9,13-14H,10-12H2,1H3,(H,20,21)(H,22,23). The van der Waals surface area contributed by atoms with Crippen LogP contribution in [0.5, 0.6) is 0 Å². The minimum absolute atomic E-state index is 0.00995. The number of amides is 1. The fraction of sp³-hybridized carbons (Fsp3) is 0.263. The summed E-state index contributed by atoms with van der Waals surface area (Å²) in [4.78, 5) is 22.9. The molecule has 2 N–H and O–H groups in total. The Labute approximate surface area is 136 Å². The van der Waals surface area contributed by atoms with Crippen LogP contribution >= 0.6 is 0 Å². The monoisotopic (exact) mass is 311 g/mol. The molecule has 23 heavy (non-hydrogen) atoms. The molecule has 0 aromatic heterocycles. The van der Waals surface area contributed by atoms with Gasteiger partial charge in [-0.3, -0.25) is 4.79 Å². The van der Waals surface area contributed by atoms with E-state index in [9.17, 15) is 9.59 Å². The number of hydrogen-bond donors (Lipinski definition) is 2. The zero-order valence-electron chi connectivity index (χ0n) is 13.2. The molecule has 2 aromatic rings. The van der Waals surface area contributed by atoms with Crippen LogP contribution in [0.15, 0.2) is 54.6 Å². The lowest BCUT2D eigenvalue weighted by atomic mass is 9.97. The van der Waals surface area contributed by atoms with Crippen molar-refractivity contribution in [3.05, 3.63) is 71.3 Å². The van der Waals surface area contributed by atoms with Crippen molar-refractivity contribution in [2.45, 2.75) is 25.7 Å². The second-order valence-corrected chi connectivity index (χ2v) is 5.62. The van der Waals surface area contributed by atoms with E-state index in [4.69, 9.17) is 5.11 Å². The summed E-state index contributed by atoms with van der Waals surface area (Å²) >= 11 is 0. The molecule has 1 unspecified atom stereocenters. The van der Waals surface area contributed by atoms with Crippen LogP contribution in [0, 0.1) is 0 Å². The smallest absolute Gasteiger partial charge is 0.335 e. The molecule has 120 valence electrons. The number of benzene rings is 2. The van der Waals surface area contributed by atoms with E-state index in [1.54, 1.807) is 18.2 Å². The number of carboxylic acids is 1. The van der Waals surface area contributed by atoms with Crippen molar-refractivity contribution in [2.24, 2.45) is 0 Å². The van der Waals surface area contributed by atoms with E-state index < -0.39 is 5.97 Å². The van der Waals surface area contributed by atoms with E-state index in [0.717, 1.165) is 11.1 Å². The zero-order valence-corrected chi connectivity index (χ0v) is 13.2. The highest BCUT2D eigenvalue weighted by molar-refractivity contribution is 5.87. The minimum Gasteiger partial charge on any atom is -0.478 e. The largest absolute Gasteiger partial charge is 0.478 e. The number of nitrogens with one attached hydrogen (secondary N) is 1. The molecule has 0 aliphatic heterocycles. The van der Waals surface area contributed by atoms with E-state index in [-0.39, 0.29) is 17.4 Å². The van der Waals surface area contributed by atoms with Crippen molar-refractivity contribution in [1.82, 2.24) is 5.32 Å². The van der Waals surface area contributed by atoms with Gasteiger partial charge in [-0.2, -0.15) is 0 Å². The number of rotatable bonds is 7. The molecule has 1 amide bonds. The van der Waals surface area contributed by atoms with Crippen molar-refractivity contribution in [3.63, 3.8) is 0 Å². The fourth-order valence-electron chi connectivity index (χ4n) is 2.46. The van der Waals surface area contributed by atoms with Gasteiger partial charge < -0.3 is 10.4 Å². The first-order valence-corrected chi connectivity index (χ1v) is 7.70. The summed E-state index contributed by atoms with van der Waals surface area (Å²) in [7, 11) is 0. The van der Waals surface area contributed by atoms with Gasteiger partial charge in [0, 0.05) is 13.0 Å². The van der Waals surface area contributed by atoms with Crippen molar-refractivity contribution in [2.75, 3.05) is 6.54 Å². The van der Waals surface area contributed by atoms with Crippen LogP contribution in [0.25, 0.3) is 0 Å². The van der Waals surface area contributed by atoms with Crippen molar-refractivity contribution in [3.8, 4) is 0 Å². The summed E-state index contributed by atoms with van der Waals surface area (Å²) in [6, 6.07) is 16.7. The van der Waals surface area contributed by atoms with Crippen molar-refractivity contribution < 1.29 is 14.7 Å². The van der Waals surface area contributed by atoms with Crippen LogP contribution in [-0.2, 0) is 11.2 Å². The van der Waals surface area contributed by atoms with Crippen LogP contribution in [0.3, 0.4) is 0 Å². The Morgan fingerprint density at radius 1 is 1.09 bits per heavy atom. The van der Waals surface area contributed by atoms with Gasteiger partial charge in [0.25, 0.3) is 0 Å². The van der Waals surface area contributed by atoms with Crippen LogP contribution in [0.4, 0.5) is 0 Å². The molecule has 0 saturated heterocycles. The first-order valence-electron chi connectivity index (χ1n) is 7.70. The molecule has 2 rings (SSSR count). The highest BCUT2D eigenvalue weighted by atomic mass is 16.4. The maximum atomic E-state index is 12.0. The molecule has 4 heteroatoms. The highest BCUT2D eigenvalue weighted by Crippen LogP contribution is 2.18. The highest BCUT2D eigenvalue weighted by Gasteiger charge is 2.10. The fourth-order valence-corrected chi connectivity index (χ4v) is 2.46. The number of carbonyl (C=O) groups is 2. The Balaban J connectivity index is 1.79. The molecule has 1 atom stereocenters. The summed E-state index contributed by atoms with van der Waals surface area (Å²) in [5, 5.41) is 11.9. The second-order valence-electron chi connectivity index (χ2n) is 5.62. The average molecular weight is 311 g/mol. The molecular weight excluding hydrogens is 290 g/mol. The third kappa shape index (κ3) is 5.25. The van der Waals surface area contributed by atoms with E-state index >= 15 is 0 Å². The second kappa shape index (κ2) is 8.13. The third-order valence-corrected chi connectivity index (χ3v) is 3.77. The van der Waals surface area contributed by atoms with Gasteiger partial charge in [-0.25, -0.2) is 4.79 Å². The molecule has 0 bridgehead atoms. The minimum atomic E-state index is -0.937. The molecule has 2 aromatic carbocycles. The van der Waals surface area contributed by atoms with Gasteiger partial charge in [-0.05, 0) is 35.6 Å². The van der Waals surface area contributed by atoms with E-state index in [1.165, 1.54) is 0 Å². The molecule has 0 heterocycles. The van der Waals surface area contributed by atoms with Gasteiger partial charge in [-0.1, -0.05) is 49.4 Å². The van der Waals surface area contributed by atoms with E-state index in [2.05, 4.69) is 5.32 Å². The number of aromatic carboxylic acids is 1. The molecule has 0 aliphatic rings. The Bertz CT molecular complexity index is 667. The maximum Gasteiger partial charge on any atom is 0.335 e. The summed E-state index contributed by atoms with van der Waals surface area (Å²) in [6.07, 6.45) is 1.06. The molecule has 0 spiro atoms. The summed E-state index contributed by atoms with van der Waals surface area (Å²) in [5.41, 5.74) is 2.32. The lowest BCUT2D eigenvalue weighted by Gasteiger charge is -2.12. The molecule has 0 fully saturated rings. The van der Waals surface area contributed by atoms with Gasteiger partial charge >= 0.3 is 5.97 Å². The Kier molecular flexibility index (Phi) is 5.92. The average Bonchev–Trinajstić information content (AvgIpc) is 2.56. The number of hydrogen-bond acceptors (Lipinski definition) is 2. The molecule has 0 saturated carbocycles. The van der Waals surface area contributed by atoms with Crippen molar-refractivity contribution >= 4 is 11.9 Å². The van der Waals surface area contributed by atoms with Gasteiger partial charge in [0.2, 0.25) is 5.91 Å². The normalized spacial score (nSPS) is 11.7. The summed E-state index contributed by atoms with van der Waals surface area (Å²) < 4.78 is 0. The van der Waals surface area contributed by atoms with Crippen LogP contribution < -0.4 is 5.32 Å². The zero-order chi connectivity index (χ0) is 16.7. The quantitative estimate of drug-likeness (QED) is 0.825. The predicted molar refractivity (Wildman–Crippen MR) is 89.6 cm³/mol. The lowest BCUT2D eigenvalue weighted by Crippen LogP contribution is -2.26. The van der Waals surface area contributed by atoms with Crippen LogP contribution in [0.2, 0.25) is 0 Å². The van der Waals surface area contributed by atoms with Gasteiger partial charge in [0.05, 0.1) is 5.56 Å². The van der Waals surface area contributed by atoms with Crippen molar-refractivity contribution in [1.29, 1.82) is 0 Å². The molecule has 0 radical (unpaired) electrons. The number of carboxylic acid groups (broad SMARTS) is 1. The Morgan fingerprint density at radius 3 is 2.52 bits per heavy atom. The molecule has 4 nitrogen and oxygen atoms in total. The SMILES string of the molecule is CC(CC(=O)NCCc1cccc(C(=O)O)c1)c1ccccc1. The van der Waals surface area contributed by atoms with Gasteiger partial charge in [0.15, 0.2) is 0 Å². The van der Waals surface area contributed by atoms with E-state index in [1.807, 2.05) is 43.3 Å². The summed E-state index contributed by atoms with van der Waals surface area (Å²) in [6.45, 7) is 2.54. The molecular formula is C19H21NO3. The number of carbonyl (C=O) groups excluding carboxylic acids is 1.